The molecule has 0 radical (unpaired) electrons. The third-order valence-corrected chi connectivity index (χ3v) is 3.17. The Hall–Kier alpha value is -1.49. The van der Waals surface area contributed by atoms with Gasteiger partial charge in [-0.05, 0) is 6.07 Å². The van der Waals surface area contributed by atoms with Crippen LogP contribution in [-0.4, -0.2) is 48.1 Å². The van der Waals surface area contributed by atoms with Gasteiger partial charge in [-0.1, -0.05) is 0 Å². The molecule has 1 aromatic heterocycles. The van der Waals surface area contributed by atoms with Crippen LogP contribution in [0, 0.1) is 0 Å². The van der Waals surface area contributed by atoms with Gasteiger partial charge in [-0.2, -0.15) is 0 Å². The first-order chi connectivity index (χ1) is 8.20. The van der Waals surface area contributed by atoms with E-state index in [9.17, 15) is 4.79 Å². The van der Waals surface area contributed by atoms with Gasteiger partial charge in [0, 0.05) is 58.6 Å². The number of hydrogen-bond donors (Lipinski definition) is 1. The van der Waals surface area contributed by atoms with E-state index in [1.54, 1.807) is 0 Å². The molecule has 0 atom stereocenters. The van der Waals surface area contributed by atoms with E-state index < -0.39 is 0 Å². The predicted octanol–water partition coefficient (Wildman–Crippen LogP) is 0.0225. The molecule has 1 aromatic rings. The fourth-order valence-electron chi connectivity index (χ4n) is 2.17. The summed E-state index contributed by atoms with van der Waals surface area (Å²) in [6.45, 7) is 3.85. The molecule has 1 amide bonds. The third-order valence-electron chi connectivity index (χ3n) is 3.17. The molecule has 0 spiro atoms. The molecule has 0 saturated carbocycles. The molecule has 5 heteroatoms. The minimum Gasteiger partial charge on any atom is -0.367 e. The van der Waals surface area contributed by atoms with Gasteiger partial charge < -0.3 is 20.1 Å². The second-order valence-corrected chi connectivity index (χ2v) is 4.44. The van der Waals surface area contributed by atoms with E-state index in [-0.39, 0.29) is 5.91 Å². The van der Waals surface area contributed by atoms with Gasteiger partial charge >= 0.3 is 0 Å². The van der Waals surface area contributed by atoms with Crippen molar-refractivity contribution in [1.82, 2.24) is 9.47 Å². The largest absolute Gasteiger partial charge is 0.367 e. The highest BCUT2D eigenvalue weighted by Crippen LogP contribution is 2.16. The number of anilines is 1. The first-order valence-electron chi connectivity index (χ1n) is 6.05. The van der Waals surface area contributed by atoms with Crippen molar-refractivity contribution < 1.29 is 4.79 Å². The number of amides is 1. The predicted molar refractivity (Wildman–Crippen MR) is 67.9 cm³/mol. The SMILES string of the molecule is Cn1ccc(N2CCN(C(=O)CCN)CC2)c1. The normalized spacial score (nSPS) is 16.4. The number of carbonyl (C=O) groups excluding carboxylic acids is 1. The number of carbonyl (C=O) groups is 1. The molecule has 2 N–H and O–H groups in total. The van der Waals surface area contributed by atoms with Crippen LogP contribution in [0.2, 0.25) is 0 Å². The first-order valence-corrected chi connectivity index (χ1v) is 6.05. The highest BCUT2D eigenvalue weighted by atomic mass is 16.2. The Kier molecular flexibility index (Phi) is 3.68. The summed E-state index contributed by atoms with van der Waals surface area (Å²) >= 11 is 0. The molecule has 0 aliphatic carbocycles. The number of nitrogens with zero attached hydrogens (tertiary/aromatic N) is 3. The fourth-order valence-corrected chi connectivity index (χ4v) is 2.17. The lowest BCUT2D eigenvalue weighted by atomic mass is 10.2. The van der Waals surface area contributed by atoms with Crippen molar-refractivity contribution in [2.24, 2.45) is 12.8 Å². The minimum absolute atomic E-state index is 0.181. The molecule has 5 nitrogen and oxygen atoms in total. The molecule has 2 rings (SSSR count). The number of aryl methyl sites for hydroxylation is 1. The van der Waals surface area contributed by atoms with Crippen LogP contribution in [0.15, 0.2) is 18.5 Å². The molecule has 1 fully saturated rings. The lowest BCUT2D eigenvalue weighted by Crippen LogP contribution is -2.49. The van der Waals surface area contributed by atoms with Crippen molar-refractivity contribution in [1.29, 1.82) is 0 Å². The van der Waals surface area contributed by atoms with Gasteiger partial charge in [0.2, 0.25) is 5.91 Å². The molecular formula is C12H20N4O. The van der Waals surface area contributed by atoms with Crippen molar-refractivity contribution in [3.05, 3.63) is 18.5 Å². The number of nitrogens with two attached hydrogens (primary N) is 1. The van der Waals surface area contributed by atoms with Crippen LogP contribution in [-0.2, 0) is 11.8 Å². The zero-order chi connectivity index (χ0) is 12.3. The van der Waals surface area contributed by atoms with Crippen molar-refractivity contribution in [2.75, 3.05) is 37.6 Å². The number of rotatable bonds is 3. The van der Waals surface area contributed by atoms with E-state index in [0.717, 1.165) is 26.2 Å². The summed E-state index contributed by atoms with van der Waals surface area (Å²) in [5, 5.41) is 0. The third kappa shape index (κ3) is 2.79. The van der Waals surface area contributed by atoms with Gasteiger partial charge in [0.05, 0.1) is 5.69 Å². The Bertz CT molecular complexity index is 380. The van der Waals surface area contributed by atoms with E-state index in [2.05, 4.69) is 17.2 Å². The average molecular weight is 236 g/mol. The van der Waals surface area contributed by atoms with Crippen molar-refractivity contribution in [3.63, 3.8) is 0 Å². The summed E-state index contributed by atoms with van der Waals surface area (Å²) in [5.41, 5.74) is 6.63. The quantitative estimate of drug-likeness (QED) is 0.805. The average Bonchev–Trinajstić information content (AvgIpc) is 2.76. The molecule has 0 unspecified atom stereocenters. The monoisotopic (exact) mass is 236 g/mol. The van der Waals surface area contributed by atoms with Crippen molar-refractivity contribution >= 4 is 11.6 Å². The summed E-state index contributed by atoms with van der Waals surface area (Å²) in [5.74, 6) is 0.181. The summed E-state index contributed by atoms with van der Waals surface area (Å²) < 4.78 is 2.04. The van der Waals surface area contributed by atoms with Gasteiger partial charge in [0.1, 0.15) is 0 Å². The topological polar surface area (TPSA) is 54.5 Å². The van der Waals surface area contributed by atoms with Gasteiger partial charge in [0.15, 0.2) is 0 Å². The van der Waals surface area contributed by atoms with Crippen LogP contribution < -0.4 is 10.6 Å². The Labute approximate surface area is 102 Å². The fraction of sp³-hybridized carbons (Fsp3) is 0.583. The summed E-state index contributed by atoms with van der Waals surface area (Å²) in [7, 11) is 2.02. The van der Waals surface area contributed by atoms with Gasteiger partial charge in [-0.15, -0.1) is 0 Å². The number of piperazine rings is 1. The Morgan fingerprint density at radius 2 is 2.06 bits per heavy atom. The van der Waals surface area contributed by atoms with E-state index in [1.807, 2.05) is 22.7 Å². The Balaban J connectivity index is 1.88. The maximum absolute atomic E-state index is 11.7. The van der Waals surface area contributed by atoms with Crippen LogP contribution in [0.5, 0.6) is 0 Å². The molecule has 1 aliphatic heterocycles. The standard InChI is InChI=1S/C12H20N4O/c1-14-5-3-11(10-14)15-6-8-16(9-7-15)12(17)2-4-13/h3,5,10H,2,4,6-9,13H2,1H3. The summed E-state index contributed by atoms with van der Waals surface area (Å²) in [4.78, 5) is 15.9. The van der Waals surface area contributed by atoms with Crippen LogP contribution in [0.1, 0.15) is 6.42 Å². The van der Waals surface area contributed by atoms with Crippen LogP contribution >= 0.6 is 0 Å². The van der Waals surface area contributed by atoms with Crippen LogP contribution in [0.25, 0.3) is 0 Å². The van der Waals surface area contributed by atoms with E-state index >= 15 is 0 Å². The Morgan fingerprint density at radius 1 is 1.35 bits per heavy atom. The molecule has 17 heavy (non-hydrogen) atoms. The minimum atomic E-state index is 0.181. The molecular weight excluding hydrogens is 216 g/mol. The van der Waals surface area contributed by atoms with E-state index in [0.29, 0.717) is 13.0 Å². The highest BCUT2D eigenvalue weighted by Gasteiger charge is 2.20. The highest BCUT2D eigenvalue weighted by molar-refractivity contribution is 5.76. The molecule has 2 heterocycles. The lowest BCUT2D eigenvalue weighted by molar-refractivity contribution is -0.131. The molecule has 0 aromatic carbocycles. The molecule has 94 valence electrons. The first kappa shape index (κ1) is 12.0. The number of aromatic nitrogens is 1. The number of hydrogen-bond acceptors (Lipinski definition) is 3. The smallest absolute Gasteiger partial charge is 0.223 e. The van der Waals surface area contributed by atoms with Gasteiger partial charge in [-0.3, -0.25) is 4.79 Å². The second-order valence-electron chi connectivity index (χ2n) is 4.44. The summed E-state index contributed by atoms with van der Waals surface area (Å²) in [6, 6.07) is 2.11. The van der Waals surface area contributed by atoms with Gasteiger partial charge in [0.25, 0.3) is 0 Å². The van der Waals surface area contributed by atoms with Gasteiger partial charge in [-0.25, -0.2) is 0 Å². The maximum Gasteiger partial charge on any atom is 0.223 e. The summed E-state index contributed by atoms with van der Waals surface area (Å²) in [6.07, 6.45) is 4.62. The zero-order valence-electron chi connectivity index (χ0n) is 10.3. The van der Waals surface area contributed by atoms with Crippen molar-refractivity contribution in [2.45, 2.75) is 6.42 Å². The van der Waals surface area contributed by atoms with Crippen LogP contribution in [0.4, 0.5) is 5.69 Å². The van der Waals surface area contributed by atoms with Crippen LogP contribution in [0.3, 0.4) is 0 Å². The Morgan fingerprint density at radius 3 is 2.59 bits per heavy atom. The molecule has 1 aliphatic rings. The molecule has 0 bridgehead atoms. The van der Waals surface area contributed by atoms with Crippen molar-refractivity contribution in [3.8, 4) is 0 Å². The zero-order valence-corrected chi connectivity index (χ0v) is 10.3. The lowest BCUT2D eigenvalue weighted by Gasteiger charge is -2.35. The second kappa shape index (κ2) is 5.23. The van der Waals surface area contributed by atoms with E-state index in [4.69, 9.17) is 5.73 Å². The van der Waals surface area contributed by atoms with E-state index in [1.165, 1.54) is 5.69 Å². The molecule has 1 saturated heterocycles. The maximum atomic E-state index is 11.7.